The zero-order valence-corrected chi connectivity index (χ0v) is 12.6. The second-order valence-corrected chi connectivity index (χ2v) is 5.44. The molecule has 0 aliphatic carbocycles. The maximum absolute atomic E-state index is 4.58. The van der Waals surface area contributed by atoms with Crippen LogP contribution >= 0.6 is 11.3 Å². The van der Waals surface area contributed by atoms with Gasteiger partial charge in [-0.15, -0.1) is 10.2 Å². The highest BCUT2D eigenvalue weighted by atomic mass is 32.1. The molecule has 0 fully saturated rings. The fourth-order valence-corrected chi connectivity index (χ4v) is 2.63. The van der Waals surface area contributed by atoms with E-state index in [1.165, 1.54) is 5.69 Å². The third-order valence-electron chi connectivity index (χ3n) is 2.90. The molecule has 0 radical (unpaired) electrons. The van der Waals surface area contributed by atoms with Crippen molar-refractivity contribution in [3.63, 3.8) is 0 Å². The molecule has 104 valence electrons. The standard InChI is InChI=1S/C13H21N5S/c1-4-7-14-9-12-15-16-13(19-12)18-11(6-3)8-10(5-2)17-18/h8,14H,4-7,9H2,1-3H3. The highest BCUT2D eigenvalue weighted by Gasteiger charge is 2.12. The summed E-state index contributed by atoms with van der Waals surface area (Å²) in [6, 6.07) is 2.15. The lowest BCUT2D eigenvalue weighted by Crippen LogP contribution is -2.13. The van der Waals surface area contributed by atoms with E-state index in [1.54, 1.807) is 11.3 Å². The van der Waals surface area contributed by atoms with E-state index in [9.17, 15) is 0 Å². The Morgan fingerprint density at radius 2 is 2.05 bits per heavy atom. The molecule has 0 aliphatic heterocycles. The van der Waals surface area contributed by atoms with Gasteiger partial charge >= 0.3 is 0 Å². The van der Waals surface area contributed by atoms with Gasteiger partial charge in [-0.25, -0.2) is 4.68 Å². The molecular weight excluding hydrogens is 258 g/mol. The first-order chi connectivity index (χ1) is 9.28. The van der Waals surface area contributed by atoms with E-state index in [0.717, 1.165) is 48.2 Å². The molecule has 6 heteroatoms. The summed E-state index contributed by atoms with van der Waals surface area (Å²) in [4.78, 5) is 0. The Kier molecular flexibility index (Phi) is 5.04. The van der Waals surface area contributed by atoms with Gasteiger partial charge in [-0.3, -0.25) is 0 Å². The Labute approximate surface area is 118 Å². The molecule has 0 unspecified atom stereocenters. The molecule has 0 saturated heterocycles. The second kappa shape index (κ2) is 6.77. The Balaban J connectivity index is 2.15. The summed E-state index contributed by atoms with van der Waals surface area (Å²) in [7, 11) is 0. The first kappa shape index (κ1) is 14.1. The van der Waals surface area contributed by atoms with Crippen LogP contribution in [-0.2, 0) is 19.4 Å². The topological polar surface area (TPSA) is 55.6 Å². The van der Waals surface area contributed by atoms with Crippen molar-refractivity contribution in [3.8, 4) is 5.13 Å². The van der Waals surface area contributed by atoms with E-state index in [-0.39, 0.29) is 0 Å². The summed E-state index contributed by atoms with van der Waals surface area (Å²) in [5.41, 5.74) is 2.30. The van der Waals surface area contributed by atoms with Crippen LogP contribution in [-0.4, -0.2) is 26.5 Å². The van der Waals surface area contributed by atoms with Crippen LogP contribution in [0.15, 0.2) is 6.07 Å². The molecule has 5 nitrogen and oxygen atoms in total. The van der Waals surface area contributed by atoms with Crippen LogP contribution in [0.4, 0.5) is 0 Å². The first-order valence-corrected chi connectivity index (χ1v) is 7.71. The van der Waals surface area contributed by atoms with Crippen LogP contribution in [0.25, 0.3) is 5.13 Å². The normalized spacial score (nSPS) is 11.1. The fourth-order valence-electron chi connectivity index (χ4n) is 1.84. The smallest absolute Gasteiger partial charge is 0.233 e. The van der Waals surface area contributed by atoms with Crippen LogP contribution in [0.2, 0.25) is 0 Å². The van der Waals surface area contributed by atoms with Gasteiger partial charge in [0.05, 0.1) is 5.69 Å². The molecule has 0 atom stereocenters. The second-order valence-electron chi connectivity index (χ2n) is 4.40. The van der Waals surface area contributed by atoms with Gasteiger partial charge < -0.3 is 5.32 Å². The molecule has 0 bridgehead atoms. The number of hydrogen-bond acceptors (Lipinski definition) is 5. The van der Waals surface area contributed by atoms with E-state index >= 15 is 0 Å². The van der Waals surface area contributed by atoms with Gasteiger partial charge in [0.2, 0.25) is 5.13 Å². The summed E-state index contributed by atoms with van der Waals surface area (Å²) in [5.74, 6) is 0. The number of nitrogens with one attached hydrogen (secondary N) is 1. The van der Waals surface area contributed by atoms with Crippen molar-refractivity contribution in [2.45, 2.75) is 46.6 Å². The molecule has 2 rings (SSSR count). The third-order valence-corrected chi connectivity index (χ3v) is 3.80. The van der Waals surface area contributed by atoms with Gasteiger partial charge in [0.25, 0.3) is 0 Å². The quantitative estimate of drug-likeness (QED) is 0.790. The minimum absolute atomic E-state index is 0.787. The molecular formula is C13H21N5S. The van der Waals surface area contributed by atoms with E-state index in [4.69, 9.17) is 0 Å². The maximum Gasteiger partial charge on any atom is 0.233 e. The highest BCUT2D eigenvalue weighted by molar-refractivity contribution is 7.13. The van der Waals surface area contributed by atoms with Crippen LogP contribution < -0.4 is 5.32 Å². The molecule has 1 N–H and O–H groups in total. The molecule has 0 aromatic carbocycles. The van der Waals surface area contributed by atoms with E-state index in [2.05, 4.69) is 47.5 Å². The van der Waals surface area contributed by atoms with Gasteiger partial charge in [-0.1, -0.05) is 32.1 Å². The largest absolute Gasteiger partial charge is 0.310 e. The Hall–Kier alpha value is -1.27. The first-order valence-electron chi connectivity index (χ1n) is 6.89. The van der Waals surface area contributed by atoms with Crippen molar-refractivity contribution < 1.29 is 0 Å². The molecule has 19 heavy (non-hydrogen) atoms. The Bertz CT molecular complexity index is 517. The van der Waals surface area contributed by atoms with E-state index in [0.29, 0.717) is 0 Å². The summed E-state index contributed by atoms with van der Waals surface area (Å²) < 4.78 is 1.93. The molecule has 0 saturated carbocycles. The average molecular weight is 279 g/mol. The van der Waals surface area contributed by atoms with Crippen LogP contribution in [0.5, 0.6) is 0 Å². The SMILES string of the molecule is CCCNCc1nnc(-n2nc(CC)cc2CC)s1. The minimum atomic E-state index is 0.787. The van der Waals surface area contributed by atoms with Crippen molar-refractivity contribution in [3.05, 3.63) is 22.5 Å². The Morgan fingerprint density at radius 1 is 1.21 bits per heavy atom. The molecule has 0 amide bonds. The third kappa shape index (κ3) is 3.39. The fraction of sp³-hybridized carbons (Fsp3) is 0.615. The predicted molar refractivity (Wildman–Crippen MR) is 77.8 cm³/mol. The summed E-state index contributed by atoms with van der Waals surface area (Å²) in [5, 5.41) is 18.3. The number of rotatable bonds is 7. The van der Waals surface area contributed by atoms with Crippen molar-refractivity contribution >= 4 is 11.3 Å². The number of aromatic nitrogens is 4. The monoisotopic (exact) mass is 279 g/mol. The molecule has 2 heterocycles. The summed E-state index contributed by atoms with van der Waals surface area (Å²) >= 11 is 1.61. The lowest BCUT2D eigenvalue weighted by atomic mass is 10.3. The lowest BCUT2D eigenvalue weighted by Gasteiger charge is -1.99. The van der Waals surface area contributed by atoms with Crippen molar-refractivity contribution in [2.75, 3.05) is 6.54 Å². The molecule has 0 spiro atoms. The average Bonchev–Trinajstić information content (AvgIpc) is 3.04. The molecule has 0 aliphatic rings. The van der Waals surface area contributed by atoms with Gasteiger partial charge in [0.1, 0.15) is 5.01 Å². The van der Waals surface area contributed by atoms with Gasteiger partial charge in [-0.05, 0) is 31.9 Å². The highest BCUT2D eigenvalue weighted by Crippen LogP contribution is 2.18. The zero-order chi connectivity index (χ0) is 13.7. The van der Waals surface area contributed by atoms with Crippen LogP contribution in [0, 0.1) is 0 Å². The maximum atomic E-state index is 4.58. The Morgan fingerprint density at radius 3 is 2.74 bits per heavy atom. The van der Waals surface area contributed by atoms with Crippen molar-refractivity contribution in [2.24, 2.45) is 0 Å². The minimum Gasteiger partial charge on any atom is -0.310 e. The van der Waals surface area contributed by atoms with Crippen LogP contribution in [0.3, 0.4) is 0 Å². The van der Waals surface area contributed by atoms with Gasteiger partial charge in [0.15, 0.2) is 0 Å². The van der Waals surface area contributed by atoms with E-state index < -0.39 is 0 Å². The van der Waals surface area contributed by atoms with Crippen molar-refractivity contribution in [1.82, 2.24) is 25.3 Å². The summed E-state index contributed by atoms with van der Waals surface area (Å²) in [6.07, 6.45) is 3.03. The van der Waals surface area contributed by atoms with Crippen LogP contribution in [0.1, 0.15) is 43.6 Å². The van der Waals surface area contributed by atoms with Gasteiger partial charge in [-0.2, -0.15) is 5.10 Å². The molecule has 2 aromatic rings. The predicted octanol–water partition coefficient (Wildman–Crippen LogP) is 2.35. The number of hydrogen-bond donors (Lipinski definition) is 1. The number of nitrogens with zero attached hydrogens (tertiary/aromatic N) is 4. The van der Waals surface area contributed by atoms with E-state index in [1.807, 2.05) is 4.68 Å². The zero-order valence-electron chi connectivity index (χ0n) is 11.8. The number of aryl methyl sites for hydroxylation is 2. The lowest BCUT2D eigenvalue weighted by molar-refractivity contribution is 0.667. The van der Waals surface area contributed by atoms with Gasteiger partial charge in [0, 0.05) is 12.2 Å². The van der Waals surface area contributed by atoms with Crippen molar-refractivity contribution in [1.29, 1.82) is 0 Å². The molecule has 2 aromatic heterocycles. The summed E-state index contributed by atoms with van der Waals surface area (Å²) in [6.45, 7) is 8.21.